The quantitative estimate of drug-likeness (QED) is 0.565. The number of rotatable bonds is 4. The molecule has 0 fully saturated rings. The summed E-state index contributed by atoms with van der Waals surface area (Å²) in [5.74, 6) is -0.382. The lowest BCUT2D eigenvalue weighted by atomic mass is 10.3. The molecule has 2 heterocycles. The van der Waals surface area contributed by atoms with Crippen molar-refractivity contribution in [3.63, 3.8) is 0 Å². The first-order valence-electron chi connectivity index (χ1n) is 7.84. The highest BCUT2D eigenvalue weighted by atomic mass is 19.1. The summed E-state index contributed by atoms with van der Waals surface area (Å²) < 4.78 is 34.5. The highest BCUT2D eigenvalue weighted by Crippen LogP contribution is 2.14. The molecule has 0 N–H and O–H groups in total. The van der Waals surface area contributed by atoms with E-state index in [9.17, 15) is 13.6 Å². The van der Waals surface area contributed by atoms with Gasteiger partial charge in [0.15, 0.2) is 0 Å². The van der Waals surface area contributed by atoms with Gasteiger partial charge >= 0.3 is 5.69 Å². The third-order valence-corrected chi connectivity index (χ3v) is 3.86. The first kappa shape index (κ1) is 16.0. The number of imidazole rings is 1. The SMILES string of the molecule is O=c1n(-c2ccc(F)cc2)ccc2nc(COc3cccc(F)c3)cn12. The molecule has 130 valence electrons. The van der Waals surface area contributed by atoms with Crippen molar-refractivity contribution < 1.29 is 13.5 Å². The van der Waals surface area contributed by atoms with Crippen molar-refractivity contribution in [2.24, 2.45) is 0 Å². The molecule has 5 nitrogen and oxygen atoms in total. The molecule has 0 unspecified atom stereocenters. The number of halogens is 2. The molecule has 0 saturated heterocycles. The highest BCUT2D eigenvalue weighted by Gasteiger charge is 2.09. The Balaban J connectivity index is 1.64. The van der Waals surface area contributed by atoms with Crippen LogP contribution in [-0.2, 0) is 6.61 Å². The lowest BCUT2D eigenvalue weighted by Gasteiger charge is -2.05. The lowest BCUT2D eigenvalue weighted by Crippen LogP contribution is -2.24. The van der Waals surface area contributed by atoms with Crippen LogP contribution < -0.4 is 10.4 Å². The fourth-order valence-corrected chi connectivity index (χ4v) is 2.62. The molecule has 4 aromatic rings. The van der Waals surface area contributed by atoms with E-state index in [1.807, 2.05) is 0 Å². The molecule has 0 radical (unpaired) electrons. The van der Waals surface area contributed by atoms with Gasteiger partial charge in [0.1, 0.15) is 29.6 Å². The van der Waals surface area contributed by atoms with Crippen LogP contribution in [0.25, 0.3) is 11.3 Å². The first-order chi connectivity index (χ1) is 12.6. The van der Waals surface area contributed by atoms with Gasteiger partial charge in [-0.05, 0) is 42.5 Å². The maximum absolute atomic E-state index is 13.2. The molecular weight excluding hydrogens is 340 g/mol. The van der Waals surface area contributed by atoms with Crippen molar-refractivity contribution in [2.75, 3.05) is 0 Å². The van der Waals surface area contributed by atoms with E-state index in [-0.39, 0.29) is 23.9 Å². The normalized spacial score (nSPS) is 11.0. The zero-order valence-corrected chi connectivity index (χ0v) is 13.5. The summed E-state index contributed by atoms with van der Waals surface area (Å²) >= 11 is 0. The van der Waals surface area contributed by atoms with Gasteiger partial charge in [-0.3, -0.25) is 8.97 Å². The van der Waals surface area contributed by atoms with Crippen LogP contribution in [0.4, 0.5) is 8.78 Å². The van der Waals surface area contributed by atoms with E-state index in [0.29, 0.717) is 22.8 Å². The number of hydrogen-bond acceptors (Lipinski definition) is 3. The van der Waals surface area contributed by atoms with Crippen LogP contribution in [0.15, 0.2) is 71.8 Å². The molecule has 7 heteroatoms. The van der Waals surface area contributed by atoms with Crippen LogP contribution in [0.5, 0.6) is 5.75 Å². The summed E-state index contributed by atoms with van der Waals surface area (Å²) in [7, 11) is 0. The zero-order valence-electron chi connectivity index (χ0n) is 13.5. The molecule has 0 spiro atoms. The summed E-state index contributed by atoms with van der Waals surface area (Å²) in [6.07, 6.45) is 3.14. The molecule has 0 aliphatic rings. The van der Waals surface area contributed by atoms with E-state index < -0.39 is 0 Å². The highest BCUT2D eigenvalue weighted by molar-refractivity contribution is 5.41. The van der Waals surface area contributed by atoms with Gasteiger partial charge in [0, 0.05) is 18.5 Å². The van der Waals surface area contributed by atoms with Gasteiger partial charge in [-0.1, -0.05) is 6.07 Å². The van der Waals surface area contributed by atoms with Crippen LogP contribution in [-0.4, -0.2) is 14.0 Å². The summed E-state index contributed by atoms with van der Waals surface area (Å²) in [6, 6.07) is 13.1. The van der Waals surface area contributed by atoms with Gasteiger partial charge in [0.25, 0.3) is 0 Å². The molecule has 0 saturated carbocycles. The van der Waals surface area contributed by atoms with Crippen molar-refractivity contribution in [3.8, 4) is 11.4 Å². The topological polar surface area (TPSA) is 48.5 Å². The molecule has 0 aliphatic carbocycles. The third kappa shape index (κ3) is 3.06. The average molecular weight is 353 g/mol. The number of benzene rings is 2. The Kier molecular flexibility index (Phi) is 3.96. The predicted molar refractivity (Wildman–Crippen MR) is 91.5 cm³/mol. The second kappa shape index (κ2) is 6.44. The molecule has 2 aromatic heterocycles. The first-order valence-corrected chi connectivity index (χ1v) is 7.84. The zero-order chi connectivity index (χ0) is 18.1. The van der Waals surface area contributed by atoms with Gasteiger partial charge in [0.2, 0.25) is 0 Å². The Morgan fingerprint density at radius 1 is 1.00 bits per heavy atom. The maximum Gasteiger partial charge on any atom is 0.338 e. The second-order valence-corrected chi connectivity index (χ2v) is 5.65. The summed E-state index contributed by atoms with van der Waals surface area (Å²) in [6.45, 7) is 0.0983. The fraction of sp³-hybridized carbons (Fsp3) is 0.0526. The third-order valence-electron chi connectivity index (χ3n) is 3.86. The largest absolute Gasteiger partial charge is 0.487 e. The molecule has 26 heavy (non-hydrogen) atoms. The number of ether oxygens (including phenoxy) is 1. The second-order valence-electron chi connectivity index (χ2n) is 5.65. The van der Waals surface area contributed by atoms with Gasteiger partial charge in [-0.25, -0.2) is 18.6 Å². The van der Waals surface area contributed by atoms with Crippen LogP contribution in [0.3, 0.4) is 0 Å². The van der Waals surface area contributed by atoms with Gasteiger partial charge < -0.3 is 4.74 Å². The number of aromatic nitrogens is 3. The van der Waals surface area contributed by atoms with Crippen LogP contribution >= 0.6 is 0 Å². The molecule has 0 atom stereocenters. The van der Waals surface area contributed by atoms with E-state index in [0.717, 1.165) is 0 Å². The molecule has 4 rings (SSSR count). The maximum atomic E-state index is 13.2. The Morgan fingerprint density at radius 3 is 2.58 bits per heavy atom. The average Bonchev–Trinajstić information content (AvgIpc) is 3.06. The van der Waals surface area contributed by atoms with Crippen molar-refractivity contribution in [3.05, 3.63) is 94.8 Å². The van der Waals surface area contributed by atoms with Gasteiger partial charge in [-0.2, -0.15) is 0 Å². The summed E-state index contributed by atoms with van der Waals surface area (Å²) in [4.78, 5) is 17.0. The van der Waals surface area contributed by atoms with Crippen LogP contribution in [0.2, 0.25) is 0 Å². The summed E-state index contributed by atoms with van der Waals surface area (Å²) in [5, 5.41) is 0. The van der Waals surface area contributed by atoms with Crippen molar-refractivity contribution in [1.82, 2.24) is 14.0 Å². The Bertz CT molecular complexity index is 1130. The minimum Gasteiger partial charge on any atom is -0.487 e. The van der Waals surface area contributed by atoms with E-state index in [1.165, 1.54) is 45.4 Å². The minimum absolute atomic E-state index is 0.0983. The fourth-order valence-electron chi connectivity index (χ4n) is 2.62. The van der Waals surface area contributed by atoms with Crippen LogP contribution in [0.1, 0.15) is 5.69 Å². The molecule has 2 aromatic carbocycles. The monoisotopic (exact) mass is 353 g/mol. The number of hydrogen-bond donors (Lipinski definition) is 0. The number of nitrogens with zero attached hydrogens (tertiary/aromatic N) is 3. The molecule has 0 bridgehead atoms. The van der Waals surface area contributed by atoms with Gasteiger partial charge in [0.05, 0.1) is 11.4 Å². The Hall–Kier alpha value is -3.48. The van der Waals surface area contributed by atoms with Crippen molar-refractivity contribution in [1.29, 1.82) is 0 Å². The standard InChI is InChI=1S/C19H13F2N3O2/c20-13-4-6-16(7-5-13)23-9-8-18-22-15(11-24(18)19(23)25)12-26-17-3-1-2-14(21)10-17/h1-11H,12H2. The summed E-state index contributed by atoms with van der Waals surface area (Å²) in [5.41, 5.74) is 1.21. The van der Waals surface area contributed by atoms with E-state index in [2.05, 4.69) is 4.98 Å². The molecule has 0 amide bonds. The lowest BCUT2D eigenvalue weighted by molar-refractivity contribution is 0.300. The van der Waals surface area contributed by atoms with Crippen molar-refractivity contribution >= 4 is 5.65 Å². The van der Waals surface area contributed by atoms with Crippen molar-refractivity contribution in [2.45, 2.75) is 6.61 Å². The Morgan fingerprint density at radius 2 is 1.81 bits per heavy atom. The van der Waals surface area contributed by atoms with E-state index in [1.54, 1.807) is 30.6 Å². The molecule has 0 aliphatic heterocycles. The smallest absolute Gasteiger partial charge is 0.338 e. The molecular formula is C19H13F2N3O2. The van der Waals surface area contributed by atoms with Gasteiger partial charge in [-0.15, -0.1) is 0 Å². The Labute approximate surface area is 146 Å². The van der Waals surface area contributed by atoms with Crippen LogP contribution in [0, 0.1) is 11.6 Å². The van der Waals surface area contributed by atoms with E-state index in [4.69, 9.17) is 4.74 Å². The number of fused-ring (bicyclic) bond motifs is 1. The minimum atomic E-state index is -0.389. The predicted octanol–water partition coefficient (Wildman–Crippen LogP) is 3.34. The van der Waals surface area contributed by atoms with E-state index >= 15 is 0 Å².